The number of alkyl halides is 3. The molecule has 0 atom stereocenters. The van der Waals surface area contributed by atoms with Crippen molar-refractivity contribution in [2.75, 3.05) is 17.3 Å². The number of anilines is 2. The normalized spacial score (nSPS) is 11.4. The summed E-state index contributed by atoms with van der Waals surface area (Å²) in [5, 5.41) is 11.7. The fraction of sp³-hybridized carbons (Fsp3) is 0.118. The topological polar surface area (TPSA) is 99.9 Å². The van der Waals surface area contributed by atoms with Crippen LogP contribution >= 0.6 is 11.3 Å². The van der Waals surface area contributed by atoms with E-state index < -0.39 is 34.9 Å². The minimum atomic E-state index is -4.48. The van der Waals surface area contributed by atoms with E-state index >= 15 is 0 Å². The molecule has 3 aromatic rings. The first kappa shape index (κ1) is 19.4. The largest absolute Gasteiger partial charge is 0.477 e. The molecule has 3 rings (SSSR count). The van der Waals surface area contributed by atoms with Crippen LogP contribution in [0.15, 0.2) is 45.6 Å². The van der Waals surface area contributed by atoms with Crippen LogP contribution in [0.4, 0.5) is 28.7 Å². The molecule has 1 aromatic carbocycles. The molecular formula is C17H11F3N2O5S. The number of hydrogen-bond acceptors (Lipinski definition) is 5. The van der Waals surface area contributed by atoms with Gasteiger partial charge < -0.3 is 14.8 Å². The number of hydrogen-bond donors (Lipinski definition) is 2. The molecule has 0 saturated carbocycles. The lowest BCUT2D eigenvalue weighted by Crippen LogP contribution is -2.30. The third-order valence-electron chi connectivity index (χ3n) is 3.74. The molecule has 0 aliphatic carbocycles. The van der Waals surface area contributed by atoms with Gasteiger partial charge in [-0.1, -0.05) is 0 Å². The summed E-state index contributed by atoms with van der Waals surface area (Å²) < 4.78 is 43.0. The molecule has 2 amide bonds. The zero-order chi connectivity index (χ0) is 20.6. The van der Waals surface area contributed by atoms with E-state index in [0.717, 1.165) is 46.6 Å². The number of carboxylic acid groups (broad SMARTS) is 1. The van der Waals surface area contributed by atoms with Crippen LogP contribution in [0, 0.1) is 0 Å². The van der Waals surface area contributed by atoms with E-state index in [1.807, 2.05) is 0 Å². The summed E-state index contributed by atoms with van der Waals surface area (Å²) in [5.41, 5.74) is -2.11. The molecule has 2 aromatic heterocycles. The van der Waals surface area contributed by atoms with Crippen LogP contribution in [0.3, 0.4) is 0 Å². The average Bonchev–Trinajstić information content (AvgIpc) is 3.02. The Bertz CT molecular complexity index is 1120. The molecule has 0 bridgehead atoms. The molecule has 0 saturated heterocycles. The van der Waals surface area contributed by atoms with E-state index in [0.29, 0.717) is 9.70 Å². The van der Waals surface area contributed by atoms with Gasteiger partial charge in [0.1, 0.15) is 10.6 Å². The molecule has 2 N–H and O–H groups in total. The molecule has 2 heterocycles. The molecule has 11 heteroatoms. The second-order valence-electron chi connectivity index (χ2n) is 5.63. The van der Waals surface area contributed by atoms with Gasteiger partial charge in [-0.05, 0) is 30.3 Å². The number of fused-ring (bicyclic) bond motifs is 1. The molecule has 28 heavy (non-hydrogen) atoms. The average molecular weight is 412 g/mol. The van der Waals surface area contributed by atoms with Crippen molar-refractivity contribution in [2.45, 2.75) is 6.18 Å². The first-order chi connectivity index (χ1) is 13.1. The minimum Gasteiger partial charge on any atom is -0.477 e. The van der Waals surface area contributed by atoms with E-state index in [1.54, 1.807) is 0 Å². The molecular weight excluding hydrogens is 401 g/mol. The first-order valence-electron chi connectivity index (χ1n) is 7.59. The summed E-state index contributed by atoms with van der Waals surface area (Å²) in [6, 6.07) is 5.83. The van der Waals surface area contributed by atoms with Crippen LogP contribution in [0.1, 0.15) is 15.9 Å². The highest BCUT2D eigenvalue weighted by Gasteiger charge is 2.30. The maximum atomic E-state index is 12.6. The zero-order valence-electron chi connectivity index (χ0n) is 14.0. The molecule has 0 spiro atoms. The van der Waals surface area contributed by atoms with Crippen LogP contribution < -0.4 is 15.8 Å². The molecule has 0 fully saturated rings. The predicted molar refractivity (Wildman–Crippen MR) is 96.2 cm³/mol. The number of benzene rings is 1. The van der Waals surface area contributed by atoms with Crippen LogP contribution in [0.25, 0.3) is 10.3 Å². The Kier molecular flexibility index (Phi) is 4.86. The van der Waals surface area contributed by atoms with Gasteiger partial charge in [0.15, 0.2) is 5.58 Å². The number of rotatable bonds is 3. The number of thiophene rings is 1. The quantitative estimate of drug-likeness (QED) is 0.670. The number of carbonyl (C=O) groups is 2. The summed E-state index contributed by atoms with van der Waals surface area (Å²) in [5.74, 6) is -1.43. The number of nitrogens with one attached hydrogen (secondary N) is 1. The van der Waals surface area contributed by atoms with E-state index in [-0.39, 0.29) is 11.3 Å². The maximum Gasteiger partial charge on any atom is 0.416 e. The predicted octanol–water partition coefficient (Wildman–Crippen LogP) is 4.24. The van der Waals surface area contributed by atoms with Gasteiger partial charge in [-0.25, -0.2) is 14.4 Å². The summed E-state index contributed by atoms with van der Waals surface area (Å²) >= 11 is 1.01. The molecule has 7 nitrogen and oxygen atoms in total. The third-order valence-corrected chi connectivity index (χ3v) is 4.88. The Labute approximate surface area is 158 Å². The van der Waals surface area contributed by atoms with Crippen molar-refractivity contribution in [2.24, 2.45) is 0 Å². The second kappa shape index (κ2) is 7.00. The van der Waals surface area contributed by atoms with Crippen molar-refractivity contribution in [3.05, 3.63) is 57.9 Å². The highest BCUT2D eigenvalue weighted by Crippen LogP contribution is 2.33. The Balaban J connectivity index is 1.81. The lowest BCUT2D eigenvalue weighted by molar-refractivity contribution is -0.137. The molecule has 0 aliphatic heterocycles. The Morgan fingerprint density at radius 3 is 2.39 bits per heavy atom. The number of halogens is 3. The number of amides is 2. The van der Waals surface area contributed by atoms with Crippen molar-refractivity contribution in [1.29, 1.82) is 0 Å². The van der Waals surface area contributed by atoms with Crippen molar-refractivity contribution >= 4 is 44.3 Å². The number of carboxylic acids is 1. The van der Waals surface area contributed by atoms with Crippen molar-refractivity contribution in [3.63, 3.8) is 0 Å². The molecule has 0 radical (unpaired) electrons. The minimum absolute atomic E-state index is 0.115. The maximum absolute atomic E-state index is 12.6. The fourth-order valence-electron chi connectivity index (χ4n) is 2.27. The monoisotopic (exact) mass is 412 g/mol. The SMILES string of the molecule is CN(C(=O)Nc1ccc(C(F)(F)F)cc1)c1cc2oc(=O)c(C(=O)O)cc2s1. The summed E-state index contributed by atoms with van der Waals surface area (Å²) in [7, 11) is 1.40. The number of urea groups is 1. The summed E-state index contributed by atoms with van der Waals surface area (Å²) in [6.07, 6.45) is -4.48. The van der Waals surface area contributed by atoms with Crippen LogP contribution in [0.2, 0.25) is 0 Å². The second-order valence-corrected chi connectivity index (χ2v) is 6.69. The Morgan fingerprint density at radius 1 is 1.18 bits per heavy atom. The van der Waals surface area contributed by atoms with Gasteiger partial charge in [0.25, 0.3) is 0 Å². The zero-order valence-corrected chi connectivity index (χ0v) is 14.9. The van der Waals surface area contributed by atoms with Gasteiger partial charge in [0.2, 0.25) is 0 Å². The molecule has 0 aliphatic rings. The number of carbonyl (C=O) groups excluding carboxylic acids is 1. The van der Waals surface area contributed by atoms with Crippen LogP contribution in [-0.2, 0) is 6.18 Å². The van der Waals surface area contributed by atoms with E-state index in [9.17, 15) is 27.6 Å². The van der Waals surface area contributed by atoms with Crippen molar-refractivity contribution in [1.82, 2.24) is 0 Å². The standard InChI is InChI=1S/C17H11F3N2O5S/c1-22(16(26)21-9-4-2-8(3-5-9)17(18,19)20)13-7-11-12(28-13)6-10(14(23)24)15(25)27-11/h2-7H,1H3,(H,21,26)(H,23,24). The van der Waals surface area contributed by atoms with Crippen molar-refractivity contribution < 1.29 is 32.3 Å². The first-order valence-corrected chi connectivity index (χ1v) is 8.41. The molecule has 146 valence electrons. The van der Waals surface area contributed by atoms with Gasteiger partial charge in [-0.3, -0.25) is 4.90 Å². The van der Waals surface area contributed by atoms with Gasteiger partial charge in [0, 0.05) is 18.8 Å². The number of nitrogens with zero attached hydrogens (tertiary/aromatic N) is 1. The number of aromatic carboxylic acids is 1. The van der Waals surface area contributed by atoms with Crippen LogP contribution in [-0.4, -0.2) is 24.2 Å². The van der Waals surface area contributed by atoms with Gasteiger partial charge >= 0.3 is 23.8 Å². The summed E-state index contributed by atoms with van der Waals surface area (Å²) in [6.45, 7) is 0. The highest BCUT2D eigenvalue weighted by molar-refractivity contribution is 7.22. The lowest BCUT2D eigenvalue weighted by atomic mass is 10.2. The Morgan fingerprint density at radius 2 is 1.82 bits per heavy atom. The Hall–Kier alpha value is -3.34. The van der Waals surface area contributed by atoms with E-state index in [1.165, 1.54) is 13.1 Å². The van der Waals surface area contributed by atoms with E-state index in [2.05, 4.69) is 5.32 Å². The van der Waals surface area contributed by atoms with Crippen LogP contribution in [0.5, 0.6) is 0 Å². The van der Waals surface area contributed by atoms with Gasteiger partial charge in [0.05, 0.1) is 10.3 Å². The molecule has 0 unspecified atom stereocenters. The lowest BCUT2D eigenvalue weighted by Gasteiger charge is -2.16. The summed E-state index contributed by atoms with van der Waals surface area (Å²) in [4.78, 5) is 36.1. The van der Waals surface area contributed by atoms with E-state index in [4.69, 9.17) is 9.52 Å². The highest BCUT2D eigenvalue weighted by atomic mass is 32.1. The fourth-order valence-corrected chi connectivity index (χ4v) is 3.25. The van der Waals surface area contributed by atoms with Gasteiger partial charge in [-0.2, -0.15) is 13.2 Å². The smallest absolute Gasteiger partial charge is 0.416 e. The van der Waals surface area contributed by atoms with Crippen molar-refractivity contribution in [3.8, 4) is 0 Å². The van der Waals surface area contributed by atoms with Gasteiger partial charge in [-0.15, -0.1) is 11.3 Å². The third kappa shape index (κ3) is 3.83.